The maximum absolute atomic E-state index is 11.7. The van der Waals surface area contributed by atoms with Crippen molar-refractivity contribution < 1.29 is 19.1 Å². The molecule has 0 aromatic carbocycles. The lowest BCUT2D eigenvalue weighted by Gasteiger charge is -2.28. The van der Waals surface area contributed by atoms with Gasteiger partial charge >= 0.3 is 11.9 Å². The Labute approximate surface area is 115 Å². The molecular weight excluding hydrogens is 244 g/mol. The molecule has 1 fully saturated rings. The minimum absolute atomic E-state index is 0.103. The summed E-state index contributed by atoms with van der Waals surface area (Å²) in [6, 6.07) is 0. The van der Waals surface area contributed by atoms with Crippen molar-refractivity contribution in [2.45, 2.75) is 71.3 Å². The third-order valence-corrected chi connectivity index (χ3v) is 3.63. The summed E-state index contributed by atoms with van der Waals surface area (Å²) < 4.78 is 10.3. The third kappa shape index (κ3) is 6.60. The molecule has 4 heteroatoms. The van der Waals surface area contributed by atoms with Gasteiger partial charge in [-0.05, 0) is 44.9 Å². The molecule has 110 valence electrons. The van der Waals surface area contributed by atoms with E-state index in [0.717, 1.165) is 19.3 Å². The smallest absolute Gasteiger partial charge is 0.306 e. The molecule has 0 aliphatic heterocycles. The highest BCUT2D eigenvalue weighted by Gasteiger charge is 2.24. The molecule has 4 nitrogen and oxygen atoms in total. The number of esters is 2. The summed E-state index contributed by atoms with van der Waals surface area (Å²) >= 11 is 0. The fourth-order valence-corrected chi connectivity index (χ4v) is 2.46. The van der Waals surface area contributed by atoms with Crippen LogP contribution in [0.4, 0.5) is 0 Å². The first kappa shape index (κ1) is 16.0. The van der Waals surface area contributed by atoms with Crippen molar-refractivity contribution in [1.29, 1.82) is 0 Å². The number of rotatable bonds is 7. The second-order valence-electron chi connectivity index (χ2n) is 5.30. The minimum Gasteiger partial charge on any atom is -0.466 e. The molecule has 0 aromatic heterocycles. The number of carbonyl (C=O) groups excluding carboxylic acids is 2. The zero-order valence-electron chi connectivity index (χ0n) is 12.2. The van der Waals surface area contributed by atoms with Gasteiger partial charge in [-0.2, -0.15) is 0 Å². The topological polar surface area (TPSA) is 52.6 Å². The van der Waals surface area contributed by atoms with Gasteiger partial charge in [0.2, 0.25) is 0 Å². The lowest BCUT2D eigenvalue weighted by molar-refractivity contribution is -0.153. The van der Waals surface area contributed by atoms with Crippen LogP contribution in [-0.4, -0.2) is 24.6 Å². The molecule has 0 heterocycles. The van der Waals surface area contributed by atoms with Crippen molar-refractivity contribution in [3.8, 4) is 0 Å². The number of ether oxygens (including phenoxy) is 2. The molecule has 2 atom stereocenters. The molecular formula is C15H26O4. The zero-order chi connectivity index (χ0) is 14.1. The molecule has 1 saturated carbocycles. The van der Waals surface area contributed by atoms with Crippen LogP contribution in [0.3, 0.4) is 0 Å². The number of hydrogen-bond donors (Lipinski definition) is 0. The monoisotopic (exact) mass is 270 g/mol. The highest BCUT2D eigenvalue weighted by molar-refractivity contribution is 5.70. The van der Waals surface area contributed by atoms with Gasteiger partial charge in [0, 0.05) is 12.8 Å². The van der Waals surface area contributed by atoms with Gasteiger partial charge in [0.25, 0.3) is 0 Å². The average molecular weight is 270 g/mol. The molecule has 0 radical (unpaired) electrons. The van der Waals surface area contributed by atoms with Gasteiger partial charge in [-0.15, -0.1) is 0 Å². The second-order valence-corrected chi connectivity index (χ2v) is 5.30. The Kier molecular flexibility index (Phi) is 7.53. The Bertz CT molecular complexity index is 288. The summed E-state index contributed by atoms with van der Waals surface area (Å²) in [5, 5.41) is 0. The Morgan fingerprint density at radius 1 is 1.05 bits per heavy atom. The molecule has 1 rings (SSSR count). The van der Waals surface area contributed by atoms with Crippen LogP contribution in [0.2, 0.25) is 0 Å². The predicted molar refractivity (Wildman–Crippen MR) is 72.6 cm³/mol. The van der Waals surface area contributed by atoms with Crippen molar-refractivity contribution in [2.75, 3.05) is 6.61 Å². The normalized spacial score (nSPS) is 22.8. The van der Waals surface area contributed by atoms with E-state index in [1.165, 1.54) is 6.42 Å². The van der Waals surface area contributed by atoms with Gasteiger partial charge in [-0.3, -0.25) is 9.59 Å². The second kappa shape index (κ2) is 8.94. The number of unbranched alkanes of at least 4 members (excludes halogenated alkanes) is 1. The van der Waals surface area contributed by atoms with Crippen LogP contribution in [0.1, 0.15) is 65.2 Å². The molecule has 19 heavy (non-hydrogen) atoms. The Morgan fingerprint density at radius 3 is 2.32 bits per heavy atom. The van der Waals surface area contributed by atoms with Crippen LogP contribution in [0.15, 0.2) is 0 Å². The van der Waals surface area contributed by atoms with E-state index < -0.39 is 0 Å². The minimum atomic E-state index is -0.184. The van der Waals surface area contributed by atoms with Gasteiger partial charge in [0.15, 0.2) is 0 Å². The summed E-state index contributed by atoms with van der Waals surface area (Å²) in [5.74, 6) is 0.177. The van der Waals surface area contributed by atoms with Crippen molar-refractivity contribution in [3.63, 3.8) is 0 Å². The van der Waals surface area contributed by atoms with Crippen LogP contribution < -0.4 is 0 Å². The highest BCUT2D eigenvalue weighted by atomic mass is 16.5. The van der Waals surface area contributed by atoms with Crippen LogP contribution in [-0.2, 0) is 19.1 Å². The van der Waals surface area contributed by atoms with Crippen molar-refractivity contribution >= 4 is 11.9 Å². The van der Waals surface area contributed by atoms with E-state index in [0.29, 0.717) is 38.2 Å². The largest absolute Gasteiger partial charge is 0.466 e. The zero-order valence-corrected chi connectivity index (χ0v) is 12.2. The number of hydrogen-bond acceptors (Lipinski definition) is 4. The maximum Gasteiger partial charge on any atom is 0.306 e. The van der Waals surface area contributed by atoms with Crippen LogP contribution in [0.5, 0.6) is 0 Å². The third-order valence-electron chi connectivity index (χ3n) is 3.63. The summed E-state index contributed by atoms with van der Waals surface area (Å²) in [6.45, 7) is 4.36. The summed E-state index contributed by atoms with van der Waals surface area (Å²) in [6.07, 6.45) is 6.83. The standard InChI is InChI=1S/C15H26O4/c1-3-18-14(16)10-6-7-11-15(17)19-13-9-5-4-8-12(13)2/h12-13H,3-11H2,1-2H3. The van der Waals surface area contributed by atoms with E-state index in [1.807, 2.05) is 0 Å². The summed E-state index contributed by atoms with van der Waals surface area (Å²) in [7, 11) is 0. The lowest BCUT2D eigenvalue weighted by Crippen LogP contribution is -2.28. The number of carbonyl (C=O) groups is 2. The van der Waals surface area contributed by atoms with Crippen molar-refractivity contribution in [2.24, 2.45) is 5.92 Å². The van der Waals surface area contributed by atoms with E-state index in [-0.39, 0.29) is 18.0 Å². The fraction of sp³-hybridized carbons (Fsp3) is 0.867. The predicted octanol–water partition coefficient (Wildman–Crippen LogP) is 3.23. The summed E-state index contributed by atoms with van der Waals surface area (Å²) in [4.78, 5) is 22.8. The van der Waals surface area contributed by atoms with Crippen LogP contribution >= 0.6 is 0 Å². The molecule has 1 aliphatic rings. The van der Waals surface area contributed by atoms with E-state index in [2.05, 4.69) is 6.92 Å². The lowest BCUT2D eigenvalue weighted by atomic mass is 9.88. The molecule has 2 unspecified atom stereocenters. The van der Waals surface area contributed by atoms with E-state index in [4.69, 9.17) is 9.47 Å². The molecule has 0 bridgehead atoms. The Balaban J connectivity index is 2.09. The van der Waals surface area contributed by atoms with Gasteiger partial charge in [0.05, 0.1) is 6.61 Å². The van der Waals surface area contributed by atoms with Gasteiger partial charge in [0.1, 0.15) is 6.10 Å². The van der Waals surface area contributed by atoms with E-state index in [1.54, 1.807) is 6.92 Å². The molecule has 1 aliphatic carbocycles. The quantitative estimate of drug-likeness (QED) is 0.526. The SMILES string of the molecule is CCOC(=O)CCCCC(=O)OC1CCCCC1C. The first-order chi connectivity index (χ1) is 9.13. The fourth-order valence-electron chi connectivity index (χ4n) is 2.46. The van der Waals surface area contributed by atoms with Crippen molar-refractivity contribution in [1.82, 2.24) is 0 Å². The molecule has 0 aromatic rings. The van der Waals surface area contributed by atoms with Gasteiger partial charge < -0.3 is 9.47 Å². The van der Waals surface area contributed by atoms with E-state index >= 15 is 0 Å². The average Bonchev–Trinajstić information content (AvgIpc) is 2.38. The van der Waals surface area contributed by atoms with E-state index in [9.17, 15) is 9.59 Å². The molecule has 0 N–H and O–H groups in total. The molecule has 0 spiro atoms. The first-order valence-electron chi connectivity index (χ1n) is 7.48. The highest BCUT2D eigenvalue weighted by Crippen LogP contribution is 2.26. The van der Waals surface area contributed by atoms with Crippen molar-refractivity contribution in [3.05, 3.63) is 0 Å². The maximum atomic E-state index is 11.7. The van der Waals surface area contributed by atoms with Crippen LogP contribution in [0.25, 0.3) is 0 Å². The molecule has 0 saturated heterocycles. The summed E-state index contributed by atoms with van der Waals surface area (Å²) in [5.41, 5.74) is 0. The Hall–Kier alpha value is -1.06. The Morgan fingerprint density at radius 2 is 1.68 bits per heavy atom. The van der Waals surface area contributed by atoms with Gasteiger partial charge in [-0.25, -0.2) is 0 Å². The first-order valence-corrected chi connectivity index (χ1v) is 7.48. The van der Waals surface area contributed by atoms with Gasteiger partial charge in [-0.1, -0.05) is 13.3 Å². The molecule has 0 amide bonds. The van der Waals surface area contributed by atoms with Crippen LogP contribution in [0, 0.1) is 5.92 Å².